The molecule has 1 N–H and O–H groups in total. The molecule has 4 rings (SSSR count). The Morgan fingerprint density at radius 3 is 2.49 bits per heavy atom. The third kappa shape index (κ3) is 5.49. The van der Waals surface area contributed by atoms with Crippen LogP contribution in [0.4, 0.5) is 0 Å². The first-order valence-electron chi connectivity index (χ1n) is 11.7. The van der Waals surface area contributed by atoms with E-state index in [1.54, 1.807) is 50.3 Å². The largest absolute Gasteiger partial charge is 0.494 e. The van der Waals surface area contributed by atoms with Crippen LogP contribution >= 0.6 is 11.3 Å². The van der Waals surface area contributed by atoms with E-state index in [4.69, 9.17) is 19.3 Å². The van der Waals surface area contributed by atoms with Crippen LogP contribution in [-0.2, 0) is 14.3 Å². The number of aromatic nitrogens is 1. The topological polar surface area (TPSA) is 116 Å². The lowest BCUT2D eigenvalue weighted by atomic mass is 9.95. The standard InChI is InChI=1S/C27H26N2O7S/c1-4-34-20-9-7-6-8-19(20)24-23(26(33)35-5-2)16(3)28-27-29(24)25(32)21(37-27)14-17-10-12-18(13-11-17)36-15-22(30)31/h6-14,24H,4-5,15H2,1-3H3,(H,30,31)/b21-14-/t24-/m1/s1. The van der Waals surface area contributed by atoms with Gasteiger partial charge in [0.1, 0.15) is 17.5 Å². The molecule has 0 saturated heterocycles. The highest BCUT2D eigenvalue weighted by Gasteiger charge is 2.35. The van der Waals surface area contributed by atoms with Crippen LogP contribution in [0, 0.1) is 0 Å². The Kier molecular flexibility index (Phi) is 7.88. The smallest absolute Gasteiger partial charge is 0.341 e. The van der Waals surface area contributed by atoms with Crippen LogP contribution in [0.3, 0.4) is 0 Å². The summed E-state index contributed by atoms with van der Waals surface area (Å²) in [6.07, 6.45) is 1.72. The molecule has 37 heavy (non-hydrogen) atoms. The number of rotatable bonds is 9. The van der Waals surface area contributed by atoms with Gasteiger partial charge < -0.3 is 19.3 Å². The quantitative estimate of drug-likeness (QED) is 0.430. The number of nitrogens with zero attached hydrogens (tertiary/aromatic N) is 2. The number of carboxylic acid groups (broad SMARTS) is 1. The van der Waals surface area contributed by atoms with Crippen molar-refractivity contribution in [3.8, 4) is 11.5 Å². The van der Waals surface area contributed by atoms with Gasteiger partial charge in [-0.3, -0.25) is 9.36 Å². The number of hydrogen-bond acceptors (Lipinski definition) is 8. The summed E-state index contributed by atoms with van der Waals surface area (Å²) in [5.41, 5.74) is 1.84. The number of aliphatic carboxylic acids is 1. The van der Waals surface area contributed by atoms with Crippen molar-refractivity contribution in [3.05, 3.63) is 90.6 Å². The molecule has 3 aromatic rings. The minimum Gasteiger partial charge on any atom is -0.494 e. The Bertz CT molecular complexity index is 1530. The fourth-order valence-electron chi connectivity index (χ4n) is 4.04. The third-order valence-corrected chi connectivity index (χ3v) is 6.55. The normalized spacial score (nSPS) is 15.1. The van der Waals surface area contributed by atoms with E-state index in [0.29, 0.717) is 38.7 Å². The zero-order valence-electron chi connectivity index (χ0n) is 20.6. The SMILES string of the molecule is CCOC(=O)C1=C(C)N=c2s/c(=C\c3ccc(OCC(=O)O)cc3)c(=O)n2[C@@H]1c1ccccc1OCC. The molecule has 1 aromatic heterocycles. The molecule has 9 nitrogen and oxygen atoms in total. The van der Waals surface area contributed by atoms with Crippen molar-refractivity contribution in [2.75, 3.05) is 19.8 Å². The van der Waals surface area contributed by atoms with E-state index in [-0.39, 0.29) is 17.7 Å². The number of ether oxygens (including phenoxy) is 3. The number of fused-ring (bicyclic) bond motifs is 1. The molecule has 0 aliphatic carbocycles. The highest BCUT2D eigenvalue weighted by molar-refractivity contribution is 7.07. The second-order valence-corrected chi connectivity index (χ2v) is 9.03. The first kappa shape index (κ1) is 25.9. The minimum atomic E-state index is -1.07. The lowest BCUT2D eigenvalue weighted by Gasteiger charge is -2.26. The molecule has 0 amide bonds. The van der Waals surface area contributed by atoms with Crippen LogP contribution in [0.25, 0.3) is 6.08 Å². The zero-order chi connectivity index (χ0) is 26.5. The van der Waals surface area contributed by atoms with Gasteiger partial charge >= 0.3 is 11.9 Å². The van der Waals surface area contributed by atoms with E-state index in [1.165, 1.54) is 15.9 Å². The van der Waals surface area contributed by atoms with Crippen LogP contribution < -0.4 is 24.4 Å². The predicted octanol–water partition coefficient (Wildman–Crippen LogP) is 2.66. The summed E-state index contributed by atoms with van der Waals surface area (Å²) in [5.74, 6) is -0.629. The molecule has 2 heterocycles. The lowest BCUT2D eigenvalue weighted by molar-refractivity contribution is -0.140. The number of hydrogen-bond donors (Lipinski definition) is 1. The molecule has 10 heteroatoms. The fourth-order valence-corrected chi connectivity index (χ4v) is 5.08. The van der Waals surface area contributed by atoms with Crippen LogP contribution in [0.2, 0.25) is 0 Å². The monoisotopic (exact) mass is 522 g/mol. The maximum atomic E-state index is 13.7. The van der Waals surface area contributed by atoms with Crippen LogP contribution in [0.1, 0.15) is 37.9 Å². The summed E-state index contributed by atoms with van der Waals surface area (Å²) in [5, 5.41) is 8.77. The molecular weight excluding hydrogens is 496 g/mol. The van der Waals surface area contributed by atoms with E-state index in [1.807, 2.05) is 25.1 Å². The summed E-state index contributed by atoms with van der Waals surface area (Å²) in [6.45, 7) is 5.49. The van der Waals surface area contributed by atoms with Gasteiger partial charge in [-0.15, -0.1) is 0 Å². The van der Waals surface area contributed by atoms with E-state index >= 15 is 0 Å². The Morgan fingerprint density at radius 1 is 1.08 bits per heavy atom. The summed E-state index contributed by atoms with van der Waals surface area (Å²) in [6, 6.07) is 13.3. The Balaban J connectivity index is 1.85. The molecule has 2 aromatic carbocycles. The number of esters is 1. The molecule has 1 atom stereocenters. The molecule has 0 fully saturated rings. The molecule has 0 radical (unpaired) electrons. The molecular formula is C27H26N2O7S. The highest BCUT2D eigenvalue weighted by Crippen LogP contribution is 2.35. The number of carboxylic acids is 1. The van der Waals surface area contributed by atoms with Crippen molar-refractivity contribution in [1.82, 2.24) is 4.57 Å². The maximum absolute atomic E-state index is 13.7. The Labute approximate surface area is 216 Å². The second kappa shape index (κ2) is 11.3. The first-order valence-corrected chi connectivity index (χ1v) is 12.5. The van der Waals surface area contributed by atoms with Gasteiger partial charge in [0, 0.05) is 5.56 Å². The molecule has 1 aliphatic heterocycles. The summed E-state index contributed by atoms with van der Waals surface area (Å²) in [7, 11) is 0. The molecule has 0 bridgehead atoms. The first-order chi connectivity index (χ1) is 17.8. The Hall–Kier alpha value is -4.18. The van der Waals surface area contributed by atoms with Crippen molar-refractivity contribution in [3.63, 3.8) is 0 Å². The van der Waals surface area contributed by atoms with E-state index in [9.17, 15) is 14.4 Å². The van der Waals surface area contributed by atoms with Gasteiger partial charge in [-0.25, -0.2) is 14.6 Å². The van der Waals surface area contributed by atoms with Crippen LogP contribution in [0.5, 0.6) is 11.5 Å². The van der Waals surface area contributed by atoms with Gasteiger partial charge in [0.25, 0.3) is 5.56 Å². The van der Waals surface area contributed by atoms with Gasteiger partial charge in [-0.2, -0.15) is 0 Å². The minimum absolute atomic E-state index is 0.187. The number of carbonyl (C=O) groups is 2. The second-order valence-electron chi connectivity index (χ2n) is 8.02. The highest BCUT2D eigenvalue weighted by atomic mass is 32.1. The summed E-state index contributed by atoms with van der Waals surface area (Å²) >= 11 is 1.22. The lowest BCUT2D eigenvalue weighted by Crippen LogP contribution is -2.40. The molecule has 192 valence electrons. The number of thiazole rings is 1. The fraction of sp³-hybridized carbons (Fsp3) is 0.259. The molecule has 0 spiro atoms. The average Bonchev–Trinajstić information content (AvgIpc) is 3.17. The third-order valence-electron chi connectivity index (χ3n) is 5.57. The number of allylic oxidation sites excluding steroid dienone is 1. The van der Waals surface area contributed by atoms with Crippen LogP contribution in [0.15, 0.2) is 69.6 Å². The zero-order valence-corrected chi connectivity index (χ0v) is 21.4. The molecule has 1 aliphatic rings. The van der Waals surface area contributed by atoms with Crippen molar-refractivity contribution in [1.29, 1.82) is 0 Å². The van der Waals surface area contributed by atoms with E-state index in [0.717, 1.165) is 5.56 Å². The number of para-hydroxylation sites is 1. The Morgan fingerprint density at radius 2 is 1.81 bits per heavy atom. The maximum Gasteiger partial charge on any atom is 0.341 e. The summed E-state index contributed by atoms with van der Waals surface area (Å²) < 4.78 is 18.3. The van der Waals surface area contributed by atoms with Gasteiger partial charge in [0.05, 0.1) is 29.0 Å². The number of benzene rings is 2. The van der Waals surface area contributed by atoms with Crippen molar-refractivity contribution >= 4 is 29.4 Å². The number of carbonyl (C=O) groups excluding carboxylic acids is 1. The van der Waals surface area contributed by atoms with Gasteiger partial charge in [-0.05, 0) is 50.6 Å². The van der Waals surface area contributed by atoms with Gasteiger partial charge in [0.2, 0.25) is 0 Å². The van der Waals surface area contributed by atoms with Crippen molar-refractivity contribution < 1.29 is 28.9 Å². The average molecular weight is 523 g/mol. The van der Waals surface area contributed by atoms with Gasteiger partial charge in [0.15, 0.2) is 11.4 Å². The van der Waals surface area contributed by atoms with Crippen molar-refractivity contribution in [2.45, 2.75) is 26.8 Å². The van der Waals surface area contributed by atoms with Gasteiger partial charge in [-0.1, -0.05) is 41.7 Å². The molecule has 0 saturated carbocycles. The predicted molar refractivity (Wildman–Crippen MR) is 138 cm³/mol. The summed E-state index contributed by atoms with van der Waals surface area (Å²) in [4.78, 5) is 42.5. The van der Waals surface area contributed by atoms with Crippen LogP contribution in [-0.4, -0.2) is 41.4 Å². The van der Waals surface area contributed by atoms with Crippen molar-refractivity contribution in [2.24, 2.45) is 4.99 Å². The van der Waals surface area contributed by atoms with E-state index in [2.05, 4.69) is 4.99 Å². The van der Waals surface area contributed by atoms with E-state index < -0.39 is 24.6 Å². The molecule has 0 unspecified atom stereocenters.